The Morgan fingerprint density at radius 2 is 1.98 bits per heavy atom. The van der Waals surface area contributed by atoms with Crippen molar-refractivity contribution >= 4 is 33.2 Å². The number of hydrogen-bond acceptors (Lipinski definition) is 8. The number of aromatic nitrogens is 3. The number of rotatable bonds is 4. The molecular weight excluding hydrogens is 593 g/mol. The molecule has 0 saturated carbocycles. The first-order valence-corrected chi connectivity index (χ1v) is 16.1. The molecule has 238 valence electrons. The van der Waals surface area contributed by atoms with Crippen LogP contribution in [0.2, 0.25) is 0 Å². The first kappa shape index (κ1) is 29.1. The fourth-order valence-electron chi connectivity index (χ4n) is 8.22. The smallest absolute Gasteiger partial charge is 0.319 e. The van der Waals surface area contributed by atoms with Gasteiger partial charge in [-0.05, 0) is 62.7 Å². The van der Waals surface area contributed by atoms with Gasteiger partial charge in [0.05, 0.1) is 17.1 Å². The second-order valence-electron chi connectivity index (χ2n) is 13.2. The monoisotopic (exact) mass is 628 g/mol. The number of nitrogen functional groups attached to an aromatic ring is 1. The van der Waals surface area contributed by atoms with Crippen LogP contribution in [-0.2, 0) is 0 Å². The third kappa shape index (κ3) is 4.52. The molecule has 4 aliphatic rings. The SMILES string of the molecule is C#Cc1c(F)ccc2cc(N)cc(-c3nc4c5c(nc(OCC67CCCN6C[C@H](F)C7)nc5c3F)N3CCCCC[C@H]3C(C)O4)c12. The van der Waals surface area contributed by atoms with Crippen molar-refractivity contribution in [2.24, 2.45) is 0 Å². The van der Waals surface area contributed by atoms with Crippen LogP contribution in [0.25, 0.3) is 32.9 Å². The van der Waals surface area contributed by atoms with Crippen molar-refractivity contribution < 1.29 is 22.6 Å². The number of nitrogens with two attached hydrogens (primary N) is 1. The Bertz CT molecular complexity index is 1930. The van der Waals surface area contributed by atoms with Crippen LogP contribution in [0.15, 0.2) is 24.3 Å². The van der Waals surface area contributed by atoms with Gasteiger partial charge in [-0.2, -0.15) is 9.97 Å². The van der Waals surface area contributed by atoms with Crippen molar-refractivity contribution in [1.29, 1.82) is 0 Å². The number of hydrogen-bond donors (Lipinski definition) is 1. The number of halogens is 3. The summed E-state index contributed by atoms with van der Waals surface area (Å²) in [4.78, 5) is 18.6. The summed E-state index contributed by atoms with van der Waals surface area (Å²) in [5.41, 5.74) is 6.25. The van der Waals surface area contributed by atoms with Gasteiger partial charge in [-0.15, -0.1) is 6.42 Å². The summed E-state index contributed by atoms with van der Waals surface area (Å²) in [5, 5.41) is 1.22. The van der Waals surface area contributed by atoms with E-state index in [1.54, 1.807) is 18.2 Å². The fraction of sp³-hybridized carbons (Fsp3) is 0.457. The molecule has 0 amide bonds. The zero-order chi connectivity index (χ0) is 31.7. The van der Waals surface area contributed by atoms with Crippen molar-refractivity contribution in [2.45, 2.75) is 75.7 Å². The highest BCUT2D eigenvalue weighted by atomic mass is 19.1. The molecule has 0 spiro atoms. The van der Waals surface area contributed by atoms with Gasteiger partial charge in [-0.1, -0.05) is 24.8 Å². The Balaban J connectivity index is 1.35. The lowest BCUT2D eigenvalue weighted by Crippen LogP contribution is -2.44. The summed E-state index contributed by atoms with van der Waals surface area (Å²) >= 11 is 0. The van der Waals surface area contributed by atoms with Gasteiger partial charge in [0.25, 0.3) is 0 Å². The van der Waals surface area contributed by atoms with Crippen LogP contribution in [0, 0.1) is 24.0 Å². The van der Waals surface area contributed by atoms with Crippen molar-refractivity contribution in [3.05, 3.63) is 41.5 Å². The Kier molecular flexibility index (Phi) is 6.90. The maximum atomic E-state index is 17.1. The molecule has 2 aromatic carbocycles. The van der Waals surface area contributed by atoms with Crippen molar-refractivity contribution in [3.8, 4) is 35.5 Å². The number of fused-ring (bicyclic) bond motifs is 4. The van der Waals surface area contributed by atoms with E-state index in [4.69, 9.17) is 31.6 Å². The van der Waals surface area contributed by atoms with Crippen LogP contribution in [0.4, 0.5) is 24.7 Å². The highest BCUT2D eigenvalue weighted by Crippen LogP contribution is 2.45. The third-order valence-corrected chi connectivity index (χ3v) is 10.3. The molecule has 2 N–H and O–H groups in total. The predicted molar refractivity (Wildman–Crippen MR) is 171 cm³/mol. The average molecular weight is 629 g/mol. The Hall–Kier alpha value is -4.30. The molecule has 2 unspecified atom stereocenters. The Labute approximate surface area is 265 Å². The normalized spacial score (nSPS) is 25.9. The van der Waals surface area contributed by atoms with E-state index in [9.17, 15) is 8.78 Å². The summed E-state index contributed by atoms with van der Waals surface area (Å²) in [6.07, 6.45) is 10.6. The van der Waals surface area contributed by atoms with Crippen LogP contribution in [0.3, 0.4) is 0 Å². The lowest BCUT2D eigenvalue weighted by molar-refractivity contribution is 0.107. The second kappa shape index (κ2) is 10.9. The van der Waals surface area contributed by atoms with Crippen molar-refractivity contribution in [2.75, 3.05) is 36.9 Å². The van der Waals surface area contributed by atoms with E-state index in [-0.39, 0.29) is 53.0 Å². The molecule has 8 nitrogen and oxygen atoms in total. The van der Waals surface area contributed by atoms with E-state index in [0.717, 1.165) is 45.1 Å². The molecule has 3 saturated heterocycles. The largest absolute Gasteiger partial charge is 0.472 e. The van der Waals surface area contributed by atoms with E-state index in [1.165, 1.54) is 6.07 Å². The highest BCUT2D eigenvalue weighted by molar-refractivity contribution is 6.05. The number of terminal acetylenes is 1. The minimum atomic E-state index is -0.915. The van der Waals surface area contributed by atoms with Gasteiger partial charge in [0.1, 0.15) is 47.1 Å². The van der Waals surface area contributed by atoms with Crippen molar-refractivity contribution in [3.63, 3.8) is 0 Å². The van der Waals surface area contributed by atoms with Crippen LogP contribution in [-0.4, -0.2) is 69.9 Å². The molecule has 46 heavy (non-hydrogen) atoms. The quantitative estimate of drug-likeness (QED) is 0.212. The first-order valence-electron chi connectivity index (χ1n) is 16.1. The van der Waals surface area contributed by atoms with Crippen LogP contribution < -0.4 is 20.1 Å². The van der Waals surface area contributed by atoms with Crippen LogP contribution in [0.1, 0.15) is 57.4 Å². The topological polar surface area (TPSA) is 89.6 Å². The predicted octanol–water partition coefficient (Wildman–Crippen LogP) is 6.17. The number of ether oxygens (including phenoxy) is 2. The van der Waals surface area contributed by atoms with E-state index >= 15 is 4.39 Å². The molecule has 3 fully saturated rings. The maximum absolute atomic E-state index is 17.1. The zero-order valence-electron chi connectivity index (χ0n) is 25.7. The second-order valence-corrected chi connectivity index (χ2v) is 13.2. The summed E-state index contributed by atoms with van der Waals surface area (Å²) < 4.78 is 59.4. The summed E-state index contributed by atoms with van der Waals surface area (Å²) in [6.45, 7) is 4.10. The fourth-order valence-corrected chi connectivity index (χ4v) is 8.22. The van der Waals surface area contributed by atoms with Crippen LogP contribution >= 0.6 is 0 Å². The number of nitrogens with zero attached hydrogens (tertiary/aromatic N) is 5. The van der Waals surface area contributed by atoms with Crippen molar-refractivity contribution in [1.82, 2.24) is 19.9 Å². The number of pyridine rings is 1. The number of benzene rings is 2. The molecule has 0 radical (unpaired) electrons. The molecule has 0 bridgehead atoms. The molecule has 4 aliphatic heterocycles. The zero-order valence-corrected chi connectivity index (χ0v) is 25.7. The van der Waals surface area contributed by atoms with Gasteiger partial charge in [0.2, 0.25) is 5.88 Å². The van der Waals surface area contributed by atoms with Gasteiger partial charge in [-0.25, -0.2) is 18.2 Å². The number of alkyl halides is 1. The minimum absolute atomic E-state index is 0.0124. The summed E-state index contributed by atoms with van der Waals surface area (Å²) in [5.74, 6) is 1.75. The Morgan fingerprint density at radius 1 is 1.11 bits per heavy atom. The van der Waals surface area contributed by atoms with E-state index in [1.807, 2.05) is 6.92 Å². The van der Waals surface area contributed by atoms with Gasteiger partial charge in [0, 0.05) is 36.1 Å². The molecule has 2 aromatic heterocycles. The highest BCUT2D eigenvalue weighted by Gasteiger charge is 2.49. The van der Waals surface area contributed by atoms with Gasteiger partial charge >= 0.3 is 6.01 Å². The summed E-state index contributed by atoms with van der Waals surface area (Å²) in [6, 6.07) is 6.01. The van der Waals surface area contributed by atoms with E-state index in [0.29, 0.717) is 47.2 Å². The molecule has 6 heterocycles. The molecule has 0 aliphatic carbocycles. The first-order chi connectivity index (χ1) is 22.3. The van der Waals surface area contributed by atoms with Gasteiger partial charge < -0.3 is 20.1 Å². The molecule has 11 heteroatoms. The molecule has 8 rings (SSSR count). The molecular formula is C35H35F3N6O2. The minimum Gasteiger partial charge on any atom is -0.472 e. The third-order valence-electron chi connectivity index (χ3n) is 10.3. The van der Waals surface area contributed by atoms with Gasteiger partial charge in [0.15, 0.2) is 5.82 Å². The Morgan fingerprint density at radius 3 is 2.83 bits per heavy atom. The summed E-state index contributed by atoms with van der Waals surface area (Å²) in [7, 11) is 0. The maximum Gasteiger partial charge on any atom is 0.319 e. The number of anilines is 2. The van der Waals surface area contributed by atoms with Gasteiger partial charge in [-0.3, -0.25) is 4.90 Å². The standard InChI is InChI=1S/C35H35F3N6O2/c1-3-23-25(37)10-9-20-14-22(39)15-24(27(20)23)30-29(38)31-28-32(44-13-6-4-5-8-26(44)19(2)46-33(28)40-30)42-34(41-31)45-18-35-11-7-12-43(35)17-21(36)16-35/h1,9-10,14-15,19,21,26H,4-8,11-13,16-18,39H2,2H3/t19?,21-,26+,35?/m1/s1. The van der Waals surface area contributed by atoms with Crippen LogP contribution in [0.5, 0.6) is 11.9 Å². The van der Waals surface area contributed by atoms with E-state index < -0.39 is 23.3 Å². The molecule has 4 aromatic rings. The molecule has 4 atom stereocenters. The average Bonchev–Trinajstić information content (AvgIpc) is 3.40. The lowest BCUT2D eigenvalue weighted by Gasteiger charge is -2.33. The lowest BCUT2D eigenvalue weighted by atomic mass is 9.95. The van der Waals surface area contributed by atoms with E-state index in [2.05, 4.69) is 20.7 Å².